The van der Waals surface area contributed by atoms with Gasteiger partial charge < -0.3 is 19.7 Å². The van der Waals surface area contributed by atoms with Crippen molar-refractivity contribution in [3.05, 3.63) is 102 Å². The van der Waals surface area contributed by atoms with E-state index in [1.165, 1.54) is 6.33 Å². The molecule has 9 nitrogen and oxygen atoms in total. The number of amides is 2. The Morgan fingerprint density at radius 2 is 1.86 bits per heavy atom. The van der Waals surface area contributed by atoms with Crippen molar-refractivity contribution in [3.63, 3.8) is 0 Å². The summed E-state index contributed by atoms with van der Waals surface area (Å²) >= 11 is 0. The third-order valence-electron chi connectivity index (χ3n) is 6.63. The minimum absolute atomic E-state index is 0.130. The van der Waals surface area contributed by atoms with E-state index in [1.807, 2.05) is 60.7 Å². The van der Waals surface area contributed by atoms with E-state index in [2.05, 4.69) is 15.4 Å². The van der Waals surface area contributed by atoms with Crippen LogP contribution >= 0.6 is 0 Å². The van der Waals surface area contributed by atoms with Crippen molar-refractivity contribution in [3.8, 4) is 11.5 Å². The Morgan fingerprint density at radius 3 is 2.67 bits per heavy atom. The quantitative estimate of drug-likeness (QED) is 0.468. The first kappa shape index (κ1) is 21.8. The van der Waals surface area contributed by atoms with E-state index in [9.17, 15) is 9.59 Å². The number of anilines is 1. The third kappa shape index (κ3) is 3.84. The van der Waals surface area contributed by atoms with Gasteiger partial charge in [0.1, 0.15) is 12.7 Å². The second-order valence-electron chi connectivity index (χ2n) is 8.82. The number of rotatable bonds is 5. The van der Waals surface area contributed by atoms with Gasteiger partial charge in [0.15, 0.2) is 11.5 Å². The maximum absolute atomic E-state index is 13.8. The van der Waals surface area contributed by atoms with Gasteiger partial charge in [-0.1, -0.05) is 36.4 Å². The Morgan fingerprint density at radius 1 is 1.06 bits per heavy atom. The fourth-order valence-electron chi connectivity index (χ4n) is 4.89. The lowest BCUT2D eigenvalue weighted by Gasteiger charge is -2.39. The number of ether oxygens (including phenoxy) is 2. The Balaban J connectivity index is 1.33. The van der Waals surface area contributed by atoms with Gasteiger partial charge in [0.2, 0.25) is 12.7 Å². The molecule has 0 spiro atoms. The first-order chi connectivity index (χ1) is 17.6. The van der Waals surface area contributed by atoms with Crippen LogP contribution in [-0.2, 0) is 11.3 Å². The minimum Gasteiger partial charge on any atom is -0.454 e. The van der Waals surface area contributed by atoms with Gasteiger partial charge in [-0.2, -0.15) is 5.10 Å². The molecular weight excluding hydrogens is 458 g/mol. The van der Waals surface area contributed by atoms with Crippen LogP contribution in [0.2, 0.25) is 0 Å². The Hall–Kier alpha value is -4.66. The Labute approximate surface area is 207 Å². The Bertz CT molecular complexity index is 1440. The van der Waals surface area contributed by atoms with Gasteiger partial charge in [-0.15, -0.1) is 0 Å². The molecule has 0 aliphatic carbocycles. The monoisotopic (exact) mass is 481 g/mol. The molecule has 9 heteroatoms. The van der Waals surface area contributed by atoms with Crippen LogP contribution in [0.15, 0.2) is 79.4 Å². The van der Waals surface area contributed by atoms with Gasteiger partial charge in [0, 0.05) is 18.3 Å². The molecule has 0 radical (unpaired) electrons. The summed E-state index contributed by atoms with van der Waals surface area (Å²) in [5.74, 6) is 0.299. The van der Waals surface area contributed by atoms with Crippen LogP contribution in [0.3, 0.4) is 0 Å². The molecular formula is C27H23N5O4. The molecule has 3 heterocycles. The molecule has 0 saturated carbocycles. The second kappa shape index (κ2) is 8.84. The molecule has 0 bridgehead atoms. The highest BCUT2D eigenvalue weighted by atomic mass is 16.7. The standard InChI is InChI=1S/C27H23N5O4/c1-31-25(18-8-11-22-23(12-18)36-16-35-22)24(20-4-2-3-5-21(20)27(31)34)26(33)30-19-9-6-17(7-10-19)13-32-15-28-14-29-32/h2-12,14-15,24-25H,13,16H2,1H3,(H,30,33)/t24-,25-/m1/s1. The lowest BCUT2D eigenvalue weighted by molar-refractivity contribution is -0.119. The van der Waals surface area contributed by atoms with Crippen molar-refractivity contribution < 1.29 is 19.1 Å². The van der Waals surface area contributed by atoms with E-state index in [0.29, 0.717) is 34.9 Å². The minimum atomic E-state index is -0.626. The molecule has 6 rings (SSSR count). The SMILES string of the molecule is CN1C(=O)c2ccccc2[C@@H](C(=O)Nc2ccc(Cn3cncn3)cc2)[C@H]1c1ccc2c(c1)OCO2. The smallest absolute Gasteiger partial charge is 0.254 e. The second-order valence-corrected chi connectivity index (χ2v) is 8.82. The van der Waals surface area contributed by atoms with Crippen molar-refractivity contribution in [2.24, 2.45) is 0 Å². The van der Waals surface area contributed by atoms with Gasteiger partial charge in [-0.25, -0.2) is 9.67 Å². The van der Waals surface area contributed by atoms with Crippen molar-refractivity contribution in [2.75, 3.05) is 19.2 Å². The number of fused-ring (bicyclic) bond motifs is 2. The molecule has 180 valence electrons. The molecule has 0 unspecified atom stereocenters. The molecule has 0 saturated heterocycles. The Kier molecular flexibility index (Phi) is 5.37. The van der Waals surface area contributed by atoms with Gasteiger partial charge in [0.05, 0.1) is 18.5 Å². The number of nitrogens with one attached hydrogen (secondary N) is 1. The zero-order valence-electron chi connectivity index (χ0n) is 19.5. The summed E-state index contributed by atoms with van der Waals surface area (Å²) in [6.07, 6.45) is 3.15. The molecule has 0 fully saturated rings. The van der Waals surface area contributed by atoms with Gasteiger partial charge >= 0.3 is 0 Å². The molecule has 1 aromatic heterocycles. The zero-order valence-corrected chi connectivity index (χ0v) is 19.5. The highest BCUT2D eigenvalue weighted by molar-refractivity contribution is 6.04. The van der Waals surface area contributed by atoms with E-state index in [0.717, 1.165) is 11.1 Å². The fourth-order valence-corrected chi connectivity index (χ4v) is 4.89. The molecule has 2 aliphatic rings. The zero-order chi connectivity index (χ0) is 24.6. The van der Waals surface area contributed by atoms with Gasteiger partial charge in [0.25, 0.3) is 5.91 Å². The normalized spacial score (nSPS) is 18.1. The number of hydrogen-bond donors (Lipinski definition) is 1. The molecule has 2 atom stereocenters. The maximum atomic E-state index is 13.8. The lowest BCUT2D eigenvalue weighted by Crippen LogP contribution is -2.44. The average Bonchev–Trinajstić information content (AvgIpc) is 3.59. The highest BCUT2D eigenvalue weighted by Gasteiger charge is 2.43. The topological polar surface area (TPSA) is 98.6 Å². The maximum Gasteiger partial charge on any atom is 0.254 e. The summed E-state index contributed by atoms with van der Waals surface area (Å²) in [6.45, 7) is 0.737. The van der Waals surface area contributed by atoms with Crippen LogP contribution in [0.1, 0.15) is 39.0 Å². The van der Waals surface area contributed by atoms with Crippen molar-refractivity contribution >= 4 is 17.5 Å². The summed E-state index contributed by atoms with van der Waals surface area (Å²) in [5, 5.41) is 7.18. The summed E-state index contributed by atoms with van der Waals surface area (Å²) in [7, 11) is 1.73. The summed E-state index contributed by atoms with van der Waals surface area (Å²) in [4.78, 5) is 32.7. The van der Waals surface area contributed by atoms with Crippen LogP contribution in [0.5, 0.6) is 11.5 Å². The molecule has 1 N–H and O–H groups in total. The predicted octanol–water partition coefficient (Wildman–Crippen LogP) is 3.60. The van der Waals surface area contributed by atoms with E-state index in [4.69, 9.17) is 9.47 Å². The van der Waals surface area contributed by atoms with E-state index < -0.39 is 12.0 Å². The number of likely N-dealkylation sites (N-methyl/N-ethyl adjacent to an activating group) is 1. The number of nitrogens with zero attached hydrogens (tertiary/aromatic N) is 4. The summed E-state index contributed by atoms with van der Waals surface area (Å²) in [5.41, 5.74) is 3.73. The van der Waals surface area contributed by atoms with Gasteiger partial charge in [-0.3, -0.25) is 9.59 Å². The van der Waals surface area contributed by atoms with Crippen LogP contribution in [0.25, 0.3) is 0 Å². The van der Waals surface area contributed by atoms with Gasteiger partial charge in [-0.05, 0) is 47.0 Å². The molecule has 2 amide bonds. The largest absolute Gasteiger partial charge is 0.454 e. The first-order valence-electron chi connectivity index (χ1n) is 11.6. The van der Waals surface area contributed by atoms with E-state index in [1.54, 1.807) is 29.0 Å². The molecule has 3 aromatic carbocycles. The average molecular weight is 482 g/mol. The van der Waals surface area contributed by atoms with Crippen LogP contribution in [-0.4, -0.2) is 45.3 Å². The number of carbonyl (C=O) groups is 2. The number of carbonyl (C=O) groups excluding carboxylic acids is 2. The molecule has 4 aromatic rings. The predicted molar refractivity (Wildman–Crippen MR) is 131 cm³/mol. The number of benzene rings is 3. The van der Waals surface area contributed by atoms with Crippen molar-refractivity contribution in [1.29, 1.82) is 0 Å². The first-order valence-corrected chi connectivity index (χ1v) is 11.6. The summed E-state index contributed by atoms with van der Waals surface area (Å²) in [6, 6.07) is 19.9. The van der Waals surface area contributed by atoms with Crippen LogP contribution in [0.4, 0.5) is 5.69 Å². The molecule has 2 aliphatic heterocycles. The van der Waals surface area contributed by atoms with E-state index >= 15 is 0 Å². The number of aromatic nitrogens is 3. The van der Waals surface area contributed by atoms with Crippen LogP contribution in [0, 0.1) is 0 Å². The lowest BCUT2D eigenvalue weighted by atomic mass is 9.79. The van der Waals surface area contributed by atoms with Crippen LogP contribution < -0.4 is 14.8 Å². The third-order valence-corrected chi connectivity index (χ3v) is 6.63. The highest BCUT2D eigenvalue weighted by Crippen LogP contribution is 2.45. The fraction of sp³-hybridized carbons (Fsp3) is 0.185. The van der Waals surface area contributed by atoms with Crippen molar-refractivity contribution in [1.82, 2.24) is 19.7 Å². The molecule has 36 heavy (non-hydrogen) atoms. The number of hydrogen-bond acceptors (Lipinski definition) is 6. The van der Waals surface area contributed by atoms with Crippen molar-refractivity contribution in [2.45, 2.75) is 18.5 Å². The summed E-state index contributed by atoms with van der Waals surface area (Å²) < 4.78 is 12.7. The van der Waals surface area contributed by atoms with E-state index in [-0.39, 0.29) is 18.6 Å².